The summed E-state index contributed by atoms with van der Waals surface area (Å²) in [7, 11) is 1.61. The van der Waals surface area contributed by atoms with Crippen LogP contribution >= 0.6 is 0 Å². The van der Waals surface area contributed by atoms with Gasteiger partial charge < -0.3 is 14.4 Å². The molecule has 2 aliphatic rings. The van der Waals surface area contributed by atoms with Crippen molar-refractivity contribution >= 4 is 17.4 Å². The van der Waals surface area contributed by atoms with Gasteiger partial charge in [-0.2, -0.15) is 0 Å². The average Bonchev–Trinajstić information content (AvgIpc) is 3.05. The zero-order valence-electron chi connectivity index (χ0n) is 18.0. The number of hydrogen-bond donors (Lipinski definition) is 0. The molecule has 1 unspecified atom stereocenters. The molecule has 1 fully saturated rings. The molecule has 0 bridgehead atoms. The molecule has 0 spiro atoms. The number of carbonyl (C=O) groups excluding carboxylic acids is 2. The Morgan fingerprint density at radius 2 is 1.68 bits per heavy atom. The molecule has 2 aromatic rings. The summed E-state index contributed by atoms with van der Waals surface area (Å²) in [6.07, 6.45) is 2.17. The van der Waals surface area contributed by atoms with Crippen molar-refractivity contribution in [2.24, 2.45) is 5.92 Å². The number of piperidine rings is 1. The second-order valence-corrected chi connectivity index (χ2v) is 8.07. The fourth-order valence-electron chi connectivity index (χ4n) is 4.24. The lowest BCUT2D eigenvalue weighted by Gasteiger charge is -2.33. The lowest BCUT2D eigenvalue weighted by molar-refractivity contribution is -0.138. The van der Waals surface area contributed by atoms with Crippen molar-refractivity contribution in [3.05, 3.63) is 65.9 Å². The predicted molar refractivity (Wildman–Crippen MR) is 119 cm³/mol. The van der Waals surface area contributed by atoms with Crippen LogP contribution in [0.4, 0.5) is 0 Å². The highest BCUT2D eigenvalue weighted by Crippen LogP contribution is 2.33. The third-order valence-corrected chi connectivity index (χ3v) is 5.82. The summed E-state index contributed by atoms with van der Waals surface area (Å²) < 4.78 is 10.9. The second kappa shape index (κ2) is 9.25. The van der Waals surface area contributed by atoms with Crippen molar-refractivity contribution in [3.63, 3.8) is 0 Å². The quantitative estimate of drug-likeness (QED) is 0.641. The maximum absolute atomic E-state index is 13.4. The summed E-state index contributed by atoms with van der Waals surface area (Å²) in [4.78, 5) is 30.1. The van der Waals surface area contributed by atoms with E-state index >= 15 is 0 Å². The van der Waals surface area contributed by atoms with Crippen molar-refractivity contribution in [2.45, 2.75) is 19.8 Å². The van der Waals surface area contributed by atoms with E-state index < -0.39 is 0 Å². The molecular weight excluding hydrogens is 392 g/mol. The number of nitrogens with zero attached hydrogens (tertiary/aromatic N) is 2. The van der Waals surface area contributed by atoms with E-state index in [1.165, 1.54) is 4.90 Å². The fourth-order valence-corrected chi connectivity index (χ4v) is 4.24. The molecule has 2 aliphatic heterocycles. The summed E-state index contributed by atoms with van der Waals surface area (Å²) in [5.41, 5.74) is 1.82. The Bertz CT molecular complexity index is 969. The van der Waals surface area contributed by atoms with Crippen molar-refractivity contribution in [1.29, 1.82) is 0 Å². The molecular formula is C25H28N2O4. The van der Waals surface area contributed by atoms with Crippen LogP contribution < -0.4 is 9.47 Å². The van der Waals surface area contributed by atoms with Crippen LogP contribution in [-0.2, 0) is 9.59 Å². The Morgan fingerprint density at radius 3 is 2.35 bits per heavy atom. The minimum atomic E-state index is -0.247. The van der Waals surface area contributed by atoms with Gasteiger partial charge in [-0.1, -0.05) is 37.3 Å². The zero-order chi connectivity index (χ0) is 21.8. The monoisotopic (exact) mass is 420 g/mol. The summed E-state index contributed by atoms with van der Waals surface area (Å²) in [6, 6.07) is 16.7. The van der Waals surface area contributed by atoms with Gasteiger partial charge in [0.1, 0.15) is 23.8 Å². The van der Waals surface area contributed by atoms with E-state index in [0.717, 1.165) is 37.2 Å². The van der Waals surface area contributed by atoms with Crippen LogP contribution in [0.25, 0.3) is 5.57 Å². The van der Waals surface area contributed by atoms with E-state index in [-0.39, 0.29) is 25.0 Å². The molecule has 1 atom stereocenters. The van der Waals surface area contributed by atoms with Gasteiger partial charge in [-0.25, -0.2) is 0 Å². The van der Waals surface area contributed by atoms with Crippen molar-refractivity contribution in [3.8, 4) is 11.5 Å². The lowest BCUT2D eigenvalue weighted by atomic mass is 9.98. The molecule has 6 nitrogen and oxygen atoms in total. The molecule has 0 radical (unpaired) electrons. The molecule has 2 amide bonds. The van der Waals surface area contributed by atoms with E-state index in [9.17, 15) is 9.59 Å². The molecule has 0 N–H and O–H groups in total. The van der Waals surface area contributed by atoms with Crippen LogP contribution in [0.15, 0.2) is 60.3 Å². The molecule has 2 heterocycles. The number of benzene rings is 2. The minimum Gasteiger partial charge on any atom is -0.497 e. The first-order valence-corrected chi connectivity index (χ1v) is 10.8. The molecule has 0 aromatic heterocycles. The number of ether oxygens (including phenoxy) is 2. The van der Waals surface area contributed by atoms with Crippen molar-refractivity contribution < 1.29 is 19.1 Å². The lowest BCUT2D eigenvalue weighted by Crippen LogP contribution is -2.40. The third kappa shape index (κ3) is 4.43. The summed E-state index contributed by atoms with van der Waals surface area (Å²) in [6.45, 7) is 4.21. The Kier molecular flexibility index (Phi) is 6.26. The van der Waals surface area contributed by atoms with Crippen LogP contribution in [0.2, 0.25) is 0 Å². The molecule has 0 aliphatic carbocycles. The van der Waals surface area contributed by atoms with Crippen LogP contribution in [-0.4, -0.2) is 55.0 Å². The van der Waals surface area contributed by atoms with Gasteiger partial charge in [-0.15, -0.1) is 0 Å². The Hall–Kier alpha value is -3.28. The van der Waals surface area contributed by atoms with Crippen molar-refractivity contribution in [2.75, 3.05) is 33.4 Å². The standard InChI is InChI=1S/C25H28N2O4/c1-18-7-6-14-26(17-18)23-22(19-8-4-3-5-9-19)24(28)27(25(23)29)15-16-31-21-12-10-20(30-2)11-13-21/h3-5,8-13,18H,6-7,14-17H2,1-2H3. The summed E-state index contributed by atoms with van der Waals surface area (Å²) in [5, 5.41) is 0. The zero-order valence-corrected chi connectivity index (χ0v) is 18.0. The smallest absolute Gasteiger partial charge is 0.277 e. The van der Waals surface area contributed by atoms with Gasteiger partial charge in [-0.05, 0) is 48.6 Å². The maximum atomic E-state index is 13.4. The number of rotatable bonds is 7. The number of likely N-dealkylation sites (tertiary alicyclic amines) is 1. The first-order chi connectivity index (χ1) is 15.1. The first kappa shape index (κ1) is 21.0. The summed E-state index contributed by atoms with van der Waals surface area (Å²) >= 11 is 0. The largest absolute Gasteiger partial charge is 0.497 e. The third-order valence-electron chi connectivity index (χ3n) is 5.82. The van der Waals surface area contributed by atoms with Gasteiger partial charge in [0.15, 0.2) is 0 Å². The van der Waals surface area contributed by atoms with Crippen LogP contribution in [0.1, 0.15) is 25.3 Å². The van der Waals surface area contributed by atoms with Gasteiger partial charge in [0.2, 0.25) is 0 Å². The highest BCUT2D eigenvalue weighted by atomic mass is 16.5. The van der Waals surface area contributed by atoms with Crippen molar-refractivity contribution in [1.82, 2.24) is 9.80 Å². The minimum absolute atomic E-state index is 0.201. The molecule has 6 heteroatoms. The Morgan fingerprint density at radius 1 is 0.968 bits per heavy atom. The van der Waals surface area contributed by atoms with Gasteiger partial charge in [0, 0.05) is 13.1 Å². The topological polar surface area (TPSA) is 59.1 Å². The Labute approximate surface area is 183 Å². The summed E-state index contributed by atoms with van der Waals surface area (Å²) in [5.74, 6) is 1.43. The number of hydrogen-bond acceptors (Lipinski definition) is 5. The second-order valence-electron chi connectivity index (χ2n) is 8.07. The number of carbonyl (C=O) groups is 2. The highest BCUT2D eigenvalue weighted by molar-refractivity contribution is 6.35. The van der Waals surface area contributed by atoms with E-state index in [0.29, 0.717) is 22.9 Å². The highest BCUT2D eigenvalue weighted by Gasteiger charge is 2.42. The molecule has 31 heavy (non-hydrogen) atoms. The van der Waals surface area contributed by atoms with Crippen LogP contribution in [0, 0.1) is 5.92 Å². The molecule has 4 rings (SSSR count). The Balaban J connectivity index is 1.53. The van der Waals surface area contributed by atoms with Crippen LogP contribution in [0.3, 0.4) is 0 Å². The average molecular weight is 421 g/mol. The van der Waals surface area contributed by atoms with E-state index in [4.69, 9.17) is 9.47 Å². The maximum Gasteiger partial charge on any atom is 0.277 e. The number of methoxy groups -OCH3 is 1. The van der Waals surface area contributed by atoms with E-state index in [1.807, 2.05) is 42.5 Å². The molecule has 0 saturated carbocycles. The van der Waals surface area contributed by atoms with Gasteiger partial charge in [0.25, 0.3) is 11.8 Å². The molecule has 162 valence electrons. The fraction of sp³-hybridized carbons (Fsp3) is 0.360. The predicted octanol–water partition coefficient (Wildman–Crippen LogP) is 3.59. The van der Waals surface area contributed by atoms with Crippen LogP contribution in [0.5, 0.6) is 11.5 Å². The molecule has 1 saturated heterocycles. The van der Waals surface area contributed by atoms with Gasteiger partial charge in [0.05, 0.1) is 19.2 Å². The SMILES string of the molecule is COc1ccc(OCCN2C(=O)C(c3ccccc3)=C(N3CCCC(C)C3)C2=O)cc1. The number of imide groups is 1. The normalized spacial score (nSPS) is 19.2. The van der Waals surface area contributed by atoms with E-state index in [2.05, 4.69) is 11.8 Å². The number of amides is 2. The first-order valence-electron chi connectivity index (χ1n) is 10.8. The van der Waals surface area contributed by atoms with Gasteiger partial charge in [-0.3, -0.25) is 14.5 Å². The molecule has 2 aromatic carbocycles. The van der Waals surface area contributed by atoms with Gasteiger partial charge >= 0.3 is 0 Å². The van der Waals surface area contributed by atoms with E-state index in [1.54, 1.807) is 19.2 Å².